The number of fused-ring (bicyclic) bond motifs is 5. The number of rotatable bonds is 3. The molecular formula is C27H41N3O. The maximum Gasteiger partial charge on any atom is 0.102 e. The quantitative estimate of drug-likeness (QED) is 0.668. The van der Waals surface area contributed by atoms with E-state index in [0.29, 0.717) is 28.2 Å². The Morgan fingerprint density at radius 2 is 1.87 bits per heavy atom. The number of nitrogens with zero attached hydrogens (tertiary/aromatic N) is 3. The smallest absolute Gasteiger partial charge is 0.102 e. The molecule has 0 unspecified atom stereocenters. The molecule has 0 saturated heterocycles. The lowest BCUT2D eigenvalue weighted by atomic mass is 9.43. The van der Waals surface area contributed by atoms with Gasteiger partial charge in [0.1, 0.15) is 6.07 Å². The van der Waals surface area contributed by atoms with Crippen molar-refractivity contribution in [3.05, 3.63) is 18.0 Å². The van der Waals surface area contributed by atoms with Crippen LogP contribution in [0.15, 0.2) is 12.4 Å². The lowest BCUT2D eigenvalue weighted by Gasteiger charge is -2.62. The number of hydrogen-bond acceptors (Lipinski definition) is 3. The predicted octanol–water partition coefficient (Wildman–Crippen LogP) is 5.80. The van der Waals surface area contributed by atoms with E-state index in [1.165, 1.54) is 44.9 Å². The molecule has 0 bridgehead atoms. The Bertz CT molecular complexity index is 868. The molecule has 0 radical (unpaired) electrons. The van der Waals surface area contributed by atoms with Crippen LogP contribution in [0.4, 0.5) is 0 Å². The molecule has 4 saturated carbocycles. The fourth-order valence-electron chi connectivity index (χ4n) is 9.35. The van der Waals surface area contributed by atoms with Gasteiger partial charge in [-0.25, -0.2) is 0 Å². The van der Waals surface area contributed by atoms with Crippen LogP contribution in [0.2, 0.25) is 0 Å². The lowest BCUT2D eigenvalue weighted by molar-refractivity contribution is -0.148. The van der Waals surface area contributed by atoms with E-state index in [-0.39, 0.29) is 0 Å². The highest BCUT2D eigenvalue weighted by Crippen LogP contribution is 2.68. The second-order valence-electron chi connectivity index (χ2n) is 12.6. The van der Waals surface area contributed by atoms with Crippen molar-refractivity contribution in [1.29, 1.82) is 5.26 Å². The molecule has 1 aromatic heterocycles. The molecular weight excluding hydrogens is 382 g/mol. The van der Waals surface area contributed by atoms with Crippen molar-refractivity contribution in [1.82, 2.24) is 9.78 Å². The Hall–Kier alpha value is -1.34. The summed E-state index contributed by atoms with van der Waals surface area (Å²) in [5.41, 5.74) is 1.12. The van der Waals surface area contributed by atoms with Gasteiger partial charge in [0.15, 0.2) is 0 Å². The van der Waals surface area contributed by atoms with Gasteiger partial charge in [0.05, 0.1) is 17.4 Å². The first-order valence-corrected chi connectivity index (χ1v) is 12.8. The van der Waals surface area contributed by atoms with Crippen molar-refractivity contribution in [2.45, 2.75) is 97.6 Å². The highest BCUT2D eigenvalue weighted by atomic mass is 16.3. The number of aliphatic hydroxyl groups is 1. The van der Waals surface area contributed by atoms with E-state index >= 15 is 0 Å². The van der Waals surface area contributed by atoms with E-state index in [2.05, 4.69) is 38.9 Å². The number of nitriles is 1. The third kappa shape index (κ3) is 3.38. The molecule has 4 fully saturated rings. The van der Waals surface area contributed by atoms with Crippen LogP contribution in [0.5, 0.6) is 0 Å². The van der Waals surface area contributed by atoms with Crippen molar-refractivity contribution in [3.63, 3.8) is 0 Å². The van der Waals surface area contributed by atoms with Gasteiger partial charge in [-0.2, -0.15) is 10.4 Å². The van der Waals surface area contributed by atoms with E-state index in [9.17, 15) is 5.11 Å². The molecule has 1 N–H and O–H groups in total. The van der Waals surface area contributed by atoms with Crippen molar-refractivity contribution in [2.75, 3.05) is 0 Å². The molecule has 4 nitrogen and oxygen atoms in total. The average Bonchev–Trinajstić information content (AvgIpc) is 3.31. The summed E-state index contributed by atoms with van der Waals surface area (Å²) >= 11 is 0. The zero-order valence-corrected chi connectivity index (χ0v) is 20.0. The first-order valence-electron chi connectivity index (χ1n) is 12.8. The first kappa shape index (κ1) is 21.5. The number of aromatic nitrogens is 2. The topological polar surface area (TPSA) is 61.8 Å². The standard InChI is InChI=1S/C27H41N3O/c1-18(16-30-17-19(14-28)15-29-30)22-7-8-23-21-6-5-20-13-25(2,31)11-12-26(20,3)24(21)9-10-27(22,23)4/h15,17-18,20-24,31H,5-13,16H2,1-4H3/t18-,20-,21+,22-,23+,24+,25-,26+,27-/m1/s1. The second kappa shape index (κ2) is 7.34. The monoisotopic (exact) mass is 423 g/mol. The molecule has 170 valence electrons. The Morgan fingerprint density at radius 1 is 1.10 bits per heavy atom. The summed E-state index contributed by atoms with van der Waals surface area (Å²) < 4.78 is 1.99. The van der Waals surface area contributed by atoms with Crippen molar-refractivity contribution < 1.29 is 5.11 Å². The summed E-state index contributed by atoms with van der Waals surface area (Å²) in [6.07, 6.45) is 15.0. The van der Waals surface area contributed by atoms with Gasteiger partial charge in [0.2, 0.25) is 0 Å². The van der Waals surface area contributed by atoms with Crippen LogP contribution in [0.1, 0.15) is 91.0 Å². The van der Waals surface area contributed by atoms with E-state index < -0.39 is 5.60 Å². The van der Waals surface area contributed by atoms with Crippen LogP contribution in [0.3, 0.4) is 0 Å². The van der Waals surface area contributed by atoms with E-state index in [4.69, 9.17) is 5.26 Å². The molecule has 4 aliphatic carbocycles. The molecule has 5 rings (SSSR count). The summed E-state index contributed by atoms with van der Waals surface area (Å²) in [6, 6.07) is 2.21. The number of hydrogen-bond donors (Lipinski definition) is 1. The molecule has 0 aromatic carbocycles. The minimum absolute atomic E-state index is 0.438. The summed E-state index contributed by atoms with van der Waals surface area (Å²) in [5.74, 6) is 4.67. The van der Waals surface area contributed by atoms with Gasteiger partial charge >= 0.3 is 0 Å². The molecule has 4 heteroatoms. The molecule has 0 amide bonds. The second-order valence-corrected chi connectivity index (χ2v) is 12.6. The fourth-order valence-corrected chi connectivity index (χ4v) is 9.35. The van der Waals surface area contributed by atoms with Crippen molar-refractivity contribution in [2.24, 2.45) is 46.3 Å². The molecule has 0 aliphatic heterocycles. The third-order valence-electron chi connectivity index (χ3n) is 11.0. The van der Waals surface area contributed by atoms with Crippen molar-refractivity contribution in [3.8, 4) is 6.07 Å². The van der Waals surface area contributed by atoms with Crippen LogP contribution in [0, 0.1) is 57.7 Å². The van der Waals surface area contributed by atoms with Gasteiger partial charge in [-0.05, 0) is 111 Å². The van der Waals surface area contributed by atoms with Gasteiger partial charge in [-0.1, -0.05) is 20.8 Å². The molecule has 1 aromatic rings. The van der Waals surface area contributed by atoms with Crippen LogP contribution in [-0.4, -0.2) is 20.5 Å². The maximum atomic E-state index is 10.7. The lowest BCUT2D eigenvalue weighted by Crippen LogP contribution is -2.55. The fraction of sp³-hybridized carbons (Fsp3) is 0.852. The molecule has 0 spiro atoms. The van der Waals surface area contributed by atoms with E-state index in [1.54, 1.807) is 6.20 Å². The van der Waals surface area contributed by atoms with E-state index in [1.807, 2.05) is 10.9 Å². The summed E-state index contributed by atoms with van der Waals surface area (Å²) in [7, 11) is 0. The normalized spacial score (nSPS) is 47.7. The minimum Gasteiger partial charge on any atom is -0.390 e. The summed E-state index contributed by atoms with van der Waals surface area (Å²) in [5, 5.41) is 24.3. The molecule has 1 heterocycles. The zero-order chi connectivity index (χ0) is 22.0. The van der Waals surface area contributed by atoms with E-state index in [0.717, 1.165) is 43.1 Å². The predicted molar refractivity (Wildman–Crippen MR) is 122 cm³/mol. The Morgan fingerprint density at radius 3 is 2.61 bits per heavy atom. The van der Waals surface area contributed by atoms with Crippen LogP contribution in [0.25, 0.3) is 0 Å². The Balaban J connectivity index is 1.33. The Labute approximate surface area is 188 Å². The van der Waals surface area contributed by atoms with Gasteiger partial charge in [-0.15, -0.1) is 0 Å². The minimum atomic E-state index is -0.438. The summed E-state index contributed by atoms with van der Waals surface area (Å²) in [4.78, 5) is 0. The van der Waals surface area contributed by atoms with Gasteiger partial charge in [-0.3, -0.25) is 4.68 Å². The maximum absolute atomic E-state index is 10.7. The first-order chi connectivity index (χ1) is 14.7. The van der Waals surface area contributed by atoms with Gasteiger partial charge in [0, 0.05) is 12.7 Å². The molecule has 31 heavy (non-hydrogen) atoms. The SMILES string of the molecule is C[C@H](Cn1cc(C#N)cn1)[C@H]1CC[C@H]2[C@@H]3CC[C@@H]4C[C@](C)(O)CC[C@]4(C)[C@H]3CC[C@]12C. The zero-order valence-electron chi connectivity index (χ0n) is 20.0. The van der Waals surface area contributed by atoms with Crippen LogP contribution < -0.4 is 0 Å². The molecule has 4 aliphatic rings. The summed E-state index contributed by atoms with van der Waals surface area (Å²) in [6.45, 7) is 10.6. The highest BCUT2D eigenvalue weighted by Gasteiger charge is 2.61. The third-order valence-corrected chi connectivity index (χ3v) is 11.0. The van der Waals surface area contributed by atoms with Crippen LogP contribution >= 0.6 is 0 Å². The van der Waals surface area contributed by atoms with Crippen molar-refractivity contribution >= 4 is 0 Å². The largest absolute Gasteiger partial charge is 0.390 e. The van der Waals surface area contributed by atoms with Gasteiger partial charge in [0.25, 0.3) is 0 Å². The molecule has 9 atom stereocenters. The van der Waals surface area contributed by atoms with Crippen LogP contribution in [-0.2, 0) is 6.54 Å². The highest BCUT2D eigenvalue weighted by molar-refractivity contribution is 5.21. The van der Waals surface area contributed by atoms with Gasteiger partial charge < -0.3 is 5.11 Å². The average molecular weight is 424 g/mol. The Kier molecular flexibility index (Phi) is 5.09.